The van der Waals surface area contributed by atoms with Crippen molar-refractivity contribution >= 4 is 10.0 Å². The molecule has 106 valence electrons. The van der Waals surface area contributed by atoms with Gasteiger partial charge < -0.3 is 5.32 Å². The molecule has 0 aliphatic rings. The molecular formula is C13H16N4O2S. The fourth-order valence-electron chi connectivity index (χ4n) is 1.78. The number of nitrogens with zero attached hydrogens (tertiary/aromatic N) is 2. The SMILES string of the molecule is CNCc1ccccc1S(=O)(=O)NCc1cccnn1. The Morgan fingerprint density at radius 1 is 1.10 bits per heavy atom. The normalized spacial score (nSPS) is 11.4. The topological polar surface area (TPSA) is 84.0 Å². The van der Waals surface area contributed by atoms with Crippen LogP contribution in [0.4, 0.5) is 0 Å². The molecule has 0 saturated heterocycles. The lowest BCUT2D eigenvalue weighted by molar-refractivity contribution is 0.578. The van der Waals surface area contributed by atoms with E-state index >= 15 is 0 Å². The van der Waals surface area contributed by atoms with Gasteiger partial charge in [0.1, 0.15) is 0 Å². The third-order valence-corrected chi connectivity index (χ3v) is 4.20. The van der Waals surface area contributed by atoms with E-state index in [-0.39, 0.29) is 11.4 Å². The predicted octanol–water partition coefficient (Wildman–Crippen LogP) is 0.674. The van der Waals surface area contributed by atoms with Gasteiger partial charge in [-0.3, -0.25) is 0 Å². The Morgan fingerprint density at radius 2 is 1.90 bits per heavy atom. The van der Waals surface area contributed by atoms with E-state index in [0.29, 0.717) is 12.2 Å². The van der Waals surface area contributed by atoms with E-state index in [1.807, 2.05) is 6.07 Å². The number of hydrogen-bond donors (Lipinski definition) is 2. The van der Waals surface area contributed by atoms with Crippen LogP contribution in [0.25, 0.3) is 0 Å². The van der Waals surface area contributed by atoms with Crippen LogP contribution in [-0.2, 0) is 23.1 Å². The average Bonchev–Trinajstić information content (AvgIpc) is 2.47. The van der Waals surface area contributed by atoms with E-state index in [9.17, 15) is 8.42 Å². The second kappa shape index (κ2) is 6.56. The van der Waals surface area contributed by atoms with Gasteiger partial charge in [-0.15, -0.1) is 0 Å². The van der Waals surface area contributed by atoms with Gasteiger partial charge in [-0.1, -0.05) is 18.2 Å². The molecule has 0 atom stereocenters. The minimum Gasteiger partial charge on any atom is -0.316 e. The van der Waals surface area contributed by atoms with Gasteiger partial charge in [-0.05, 0) is 30.8 Å². The number of hydrogen-bond acceptors (Lipinski definition) is 5. The second-order valence-electron chi connectivity index (χ2n) is 4.18. The third kappa shape index (κ3) is 3.60. The molecule has 1 heterocycles. The van der Waals surface area contributed by atoms with E-state index in [4.69, 9.17) is 0 Å². The lowest BCUT2D eigenvalue weighted by Gasteiger charge is -2.10. The molecule has 7 heteroatoms. The van der Waals surface area contributed by atoms with Crippen molar-refractivity contribution in [3.8, 4) is 0 Å². The molecule has 0 amide bonds. The van der Waals surface area contributed by atoms with Crippen LogP contribution in [0, 0.1) is 0 Å². The quantitative estimate of drug-likeness (QED) is 0.817. The molecule has 0 spiro atoms. The number of benzene rings is 1. The number of nitrogens with one attached hydrogen (secondary N) is 2. The van der Waals surface area contributed by atoms with Crippen molar-refractivity contribution in [1.82, 2.24) is 20.2 Å². The fourth-order valence-corrected chi connectivity index (χ4v) is 3.01. The maximum absolute atomic E-state index is 12.3. The van der Waals surface area contributed by atoms with Crippen molar-refractivity contribution in [3.63, 3.8) is 0 Å². The highest BCUT2D eigenvalue weighted by molar-refractivity contribution is 7.89. The van der Waals surface area contributed by atoms with Crippen molar-refractivity contribution in [1.29, 1.82) is 0 Å². The first kappa shape index (κ1) is 14.6. The number of sulfonamides is 1. The van der Waals surface area contributed by atoms with Crippen LogP contribution < -0.4 is 10.0 Å². The molecular weight excluding hydrogens is 276 g/mol. The van der Waals surface area contributed by atoms with Gasteiger partial charge in [0, 0.05) is 12.7 Å². The lowest BCUT2D eigenvalue weighted by atomic mass is 10.2. The minimum absolute atomic E-state index is 0.115. The lowest BCUT2D eigenvalue weighted by Crippen LogP contribution is -2.25. The summed E-state index contributed by atoms with van der Waals surface area (Å²) in [5.74, 6) is 0. The first-order valence-corrected chi connectivity index (χ1v) is 7.60. The molecule has 0 radical (unpaired) electrons. The zero-order chi connectivity index (χ0) is 14.4. The van der Waals surface area contributed by atoms with E-state index in [1.54, 1.807) is 43.6 Å². The van der Waals surface area contributed by atoms with Crippen LogP contribution in [0.1, 0.15) is 11.3 Å². The van der Waals surface area contributed by atoms with Crippen LogP contribution in [-0.4, -0.2) is 25.7 Å². The Labute approximate surface area is 118 Å². The second-order valence-corrected chi connectivity index (χ2v) is 5.91. The number of aromatic nitrogens is 2. The highest BCUT2D eigenvalue weighted by atomic mass is 32.2. The molecule has 1 aromatic heterocycles. The maximum Gasteiger partial charge on any atom is 0.241 e. The minimum atomic E-state index is -3.57. The van der Waals surface area contributed by atoms with Gasteiger partial charge in [-0.2, -0.15) is 10.2 Å². The van der Waals surface area contributed by atoms with Crippen molar-refractivity contribution in [3.05, 3.63) is 53.9 Å². The molecule has 2 N–H and O–H groups in total. The molecule has 1 aromatic carbocycles. The van der Waals surface area contributed by atoms with Crippen LogP contribution >= 0.6 is 0 Å². The van der Waals surface area contributed by atoms with Gasteiger partial charge in [0.25, 0.3) is 0 Å². The van der Waals surface area contributed by atoms with Crippen molar-refractivity contribution < 1.29 is 8.42 Å². The Morgan fingerprint density at radius 3 is 2.60 bits per heavy atom. The maximum atomic E-state index is 12.3. The summed E-state index contributed by atoms with van der Waals surface area (Å²) in [6.07, 6.45) is 1.54. The van der Waals surface area contributed by atoms with Crippen molar-refractivity contribution in [2.75, 3.05) is 7.05 Å². The Bertz CT molecular complexity index is 659. The highest BCUT2D eigenvalue weighted by Gasteiger charge is 2.17. The molecule has 0 unspecified atom stereocenters. The third-order valence-electron chi connectivity index (χ3n) is 2.70. The summed E-state index contributed by atoms with van der Waals surface area (Å²) < 4.78 is 27.2. The highest BCUT2D eigenvalue weighted by Crippen LogP contribution is 2.15. The van der Waals surface area contributed by atoms with Gasteiger partial charge >= 0.3 is 0 Å². The summed E-state index contributed by atoms with van der Waals surface area (Å²) in [4.78, 5) is 0.276. The number of rotatable bonds is 6. The Balaban J connectivity index is 2.18. The van der Waals surface area contributed by atoms with Crippen LogP contribution in [0.3, 0.4) is 0 Å². The molecule has 2 rings (SSSR count). The van der Waals surface area contributed by atoms with E-state index in [1.165, 1.54) is 0 Å². The molecule has 0 bridgehead atoms. The van der Waals surface area contributed by atoms with Crippen LogP contribution in [0.5, 0.6) is 0 Å². The van der Waals surface area contributed by atoms with Gasteiger partial charge in [-0.25, -0.2) is 13.1 Å². The van der Waals surface area contributed by atoms with Gasteiger partial charge in [0.05, 0.1) is 17.1 Å². The zero-order valence-electron chi connectivity index (χ0n) is 11.1. The standard InChI is InChI=1S/C13H16N4O2S/c1-14-9-11-5-2-3-7-13(11)20(18,19)16-10-12-6-4-8-15-17-12/h2-8,14,16H,9-10H2,1H3. The molecule has 6 nitrogen and oxygen atoms in total. The van der Waals surface area contributed by atoms with Gasteiger partial charge in [0.2, 0.25) is 10.0 Å². The summed E-state index contributed by atoms with van der Waals surface area (Å²) in [5.41, 5.74) is 1.30. The smallest absolute Gasteiger partial charge is 0.241 e. The van der Waals surface area contributed by atoms with Crippen molar-refractivity contribution in [2.45, 2.75) is 18.0 Å². The molecule has 0 saturated carbocycles. The summed E-state index contributed by atoms with van der Waals surface area (Å²) in [7, 11) is -1.79. The molecule has 2 aromatic rings. The molecule has 0 aliphatic carbocycles. The van der Waals surface area contributed by atoms with E-state index < -0.39 is 10.0 Å². The van der Waals surface area contributed by atoms with E-state index in [0.717, 1.165) is 5.56 Å². The summed E-state index contributed by atoms with van der Waals surface area (Å²) in [6.45, 7) is 0.603. The molecule has 0 fully saturated rings. The molecule has 20 heavy (non-hydrogen) atoms. The van der Waals surface area contributed by atoms with Crippen molar-refractivity contribution in [2.24, 2.45) is 0 Å². The van der Waals surface area contributed by atoms with Crippen LogP contribution in [0.2, 0.25) is 0 Å². The van der Waals surface area contributed by atoms with Gasteiger partial charge in [0.15, 0.2) is 0 Å². The van der Waals surface area contributed by atoms with Crippen LogP contribution in [0.15, 0.2) is 47.5 Å². The molecule has 0 aliphatic heterocycles. The predicted molar refractivity (Wildman–Crippen MR) is 75.3 cm³/mol. The largest absolute Gasteiger partial charge is 0.316 e. The first-order valence-electron chi connectivity index (χ1n) is 6.12. The monoisotopic (exact) mass is 292 g/mol. The summed E-state index contributed by atoms with van der Waals surface area (Å²) in [6, 6.07) is 10.3. The average molecular weight is 292 g/mol. The van der Waals surface area contributed by atoms with E-state index in [2.05, 4.69) is 20.2 Å². The summed E-state index contributed by atoms with van der Waals surface area (Å²) in [5, 5.41) is 10.5. The summed E-state index contributed by atoms with van der Waals surface area (Å²) >= 11 is 0. The Hall–Kier alpha value is -1.83. The fraction of sp³-hybridized carbons (Fsp3) is 0.231. The first-order chi connectivity index (χ1) is 9.63. The Kier molecular flexibility index (Phi) is 4.78. The zero-order valence-corrected chi connectivity index (χ0v) is 11.9.